The number of phenols is 1. The number of halogens is 1. The Balaban J connectivity index is 1.52. The maximum Gasteiger partial charge on any atom is 0.344 e. The third-order valence-corrected chi connectivity index (χ3v) is 7.82. The number of esters is 1. The van der Waals surface area contributed by atoms with Gasteiger partial charge in [-0.25, -0.2) is 19.3 Å². The van der Waals surface area contributed by atoms with Crippen LogP contribution in [-0.4, -0.2) is 44.9 Å². The highest BCUT2D eigenvalue weighted by Crippen LogP contribution is 2.51. The molecule has 1 aliphatic rings. The predicted octanol–water partition coefficient (Wildman–Crippen LogP) is 5.59. The molecule has 1 atom stereocenters. The first-order valence-corrected chi connectivity index (χ1v) is 14.0. The molecule has 1 unspecified atom stereocenters. The van der Waals surface area contributed by atoms with Crippen LogP contribution < -0.4 is 24.6 Å². The maximum absolute atomic E-state index is 13.7. The van der Waals surface area contributed by atoms with E-state index in [1.165, 1.54) is 38.1 Å². The standard InChI is InChI=1S/C31H21BrN4O8/c1-14(37)42-27-18(32)10-16(12-22(27)41-3)23-24-26(17-6-4-5-7-20(17)43-31(24)39)44-30-25(23)29-34-28(35-36(29)13-33-30)15-8-9-21(40-2)19(38)11-15/h4-13,23,38H,1-3H3. The van der Waals surface area contributed by atoms with Gasteiger partial charge in [0.15, 0.2) is 40.2 Å². The molecule has 4 heterocycles. The molecule has 0 amide bonds. The number of aromatic hydroxyl groups is 1. The smallest absolute Gasteiger partial charge is 0.344 e. The number of hydrogen-bond donors (Lipinski definition) is 1. The Morgan fingerprint density at radius 2 is 1.84 bits per heavy atom. The van der Waals surface area contributed by atoms with Gasteiger partial charge in [-0.05, 0) is 64.0 Å². The number of rotatable bonds is 5. The number of phenolic OH excluding ortho intramolecular Hbond substituents is 1. The third-order valence-electron chi connectivity index (χ3n) is 7.23. The Hall–Kier alpha value is -5.43. The molecular formula is C31H21BrN4O8. The monoisotopic (exact) mass is 656 g/mol. The zero-order valence-corrected chi connectivity index (χ0v) is 24.9. The minimum absolute atomic E-state index is 0.0755. The van der Waals surface area contributed by atoms with Gasteiger partial charge in [0.1, 0.15) is 11.9 Å². The zero-order chi connectivity index (χ0) is 30.7. The molecule has 0 radical (unpaired) electrons. The van der Waals surface area contributed by atoms with E-state index in [-0.39, 0.29) is 34.5 Å². The molecule has 0 spiro atoms. The molecule has 6 aromatic rings. The van der Waals surface area contributed by atoms with Gasteiger partial charge in [-0.15, -0.1) is 5.10 Å². The van der Waals surface area contributed by atoms with Crippen LogP contribution in [0.15, 0.2) is 74.6 Å². The lowest BCUT2D eigenvalue weighted by Crippen LogP contribution is -2.22. The molecule has 0 saturated heterocycles. The highest BCUT2D eigenvalue weighted by molar-refractivity contribution is 9.10. The van der Waals surface area contributed by atoms with E-state index in [1.807, 2.05) is 6.07 Å². The van der Waals surface area contributed by atoms with E-state index in [0.717, 1.165) is 0 Å². The van der Waals surface area contributed by atoms with Gasteiger partial charge in [0.05, 0.1) is 41.1 Å². The highest BCUT2D eigenvalue weighted by Gasteiger charge is 2.38. The second-order valence-electron chi connectivity index (χ2n) is 9.84. The highest BCUT2D eigenvalue weighted by atomic mass is 79.9. The van der Waals surface area contributed by atoms with Gasteiger partial charge in [0.25, 0.3) is 0 Å². The van der Waals surface area contributed by atoms with Crippen molar-refractivity contribution in [3.8, 4) is 46.0 Å². The van der Waals surface area contributed by atoms with Gasteiger partial charge in [0, 0.05) is 12.5 Å². The molecule has 7 rings (SSSR count). The number of carbonyl (C=O) groups is 1. The van der Waals surface area contributed by atoms with Crippen molar-refractivity contribution in [2.75, 3.05) is 14.2 Å². The number of benzene rings is 3. The molecule has 0 saturated carbocycles. The van der Waals surface area contributed by atoms with E-state index in [1.54, 1.807) is 42.5 Å². The first kappa shape index (κ1) is 27.4. The van der Waals surface area contributed by atoms with Crippen LogP contribution in [0.4, 0.5) is 0 Å². The largest absolute Gasteiger partial charge is 0.504 e. The van der Waals surface area contributed by atoms with Crippen LogP contribution in [0.5, 0.6) is 34.6 Å². The first-order chi connectivity index (χ1) is 21.3. The number of nitrogens with zero attached hydrogens (tertiary/aromatic N) is 4. The van der Waals surface area contributed by atoms with Gasteiger partial charge < -0.3 is 28.5 Å². The summed E-state index contributed by atoms with van der Waals surface area (Å²) < 4.78 is 30.1. The van der Waals surface area contributed by atoms with Gasteiger partial charge in [0.2, 0.25) is 5.88 Å². The first-order valence-electron chi connectivity index (χ1n) is 13.2. The number of aromatic nitrogens is 4. The summed E-state index contributed by atoms with van der Waals surface area (Å²) >= 11 is 3.50. The van der Waals surface area contributed by atoms with E-state index in [0.29, 0.717) is 49.3 Å². The zero-order valence-electron chi connectivity index (χ0n) is 23.3. The Labute approximate surface area is 256 Å². The Kier molecular flexibility index (Phi) is 6.47. The van der Waals surface area contributed by atoms with Crippen LogP contribution in [0.3, 0.4) is 0 Å². The summed E-state index contributed by atoms with van der Waals surface area (Å²) in [4.78, 5) is 34.9. The van der Waals surface area contributed by atoms with Crippen LogP contribution in [-0.2, 0) is 4.79 Å². The van der Waals surface area contributed by atoms with Crippen LogP contribution in [0.1, 0.15) is 29.5 Å². The van der Waals surface area contributed by atoms with Crippen molar-refractivity contribution < 1.29 is 33.3 Å². The fourth-order valence-corrected chi connectivity index (χ4v) is 5.90. The number of fused-ring (bicyclic) bond motifs is 6. The van der Waals surface area contributed by atoms with E-state index >= 15 is 0 Å². The lowest BCUT2D eigenvalue weighted by Gasteiger charge is -2.28. The van der Waals surface area contributed by atoms with E-state index in [9.17, 15) is 14.7 Å². The lowest BCUT2D eigenvalue weighted by atomic mass is 9.84. The SMILES string of the molecule is COc1ccc(-c2nc3c4c(ncn3n2)Oc2c(c(=O)oc3ccccc23)C4c2cc(Br)c(OC(C)=O)c(OC)c2)cc1O. The van der Waals surface area contributed by atoms with Crippen molar-refractivity contribution in [3.63, 3.8) is 0 Å². The summed E-state index contributed by atoms with van der Waals surface area (Å²) in [5.74, 6) is 0.0951. The summed E-state index contributed by atoms with van der Waals surface area (Å²) in [6.45, 7) is 1.29. The molecule has 12 nitrogen and oxygen atoms in total. The topological polar surface area (TPSA) is 148 Å². The lowest BCUT2D eigenvalue weighted by molar-refractivity contribution is -0.132. The molecule has 0 aliphatic carbocycles. The average Bonchev–Trinajstić information content (AvgIpc) is 3.45. The quantitative estimate of drug-likeness (QED) is 0.140. The number of ether oxygens (including phenoxy) is 4. The Bertz CT molecular complexity index is 2210. The minimum Gasteiger partial charge on any atom is -0.504 e. The molecule has 0 fully saturated rings. The molecular weight excluding hydrogens is 636 g/mol. The predicted molar refractivity (Wildman–Crippen MR) is 160 cm³/mol. The molecule has 1 aliphatic heterocycles. The molecule has 3 aromatic carbocycles. The summed E-state index contributed by atoms with van der Waals surface area (Å²) in [5, 5.41) is 15.5. The van der Waals surface area contributed by atoms with Crippen molar-refractivity contribution in [2.45, 2.75) is 12.8 Å². The van der Waals surface area contributed by atoms with Crippen molar-refractivity contribution in [3.05, 3.63) is 92.5 Å². The van der Waals surface area contributed by atoms with E-state index in [4.69, 9.17) is 28.3 Å². The fraction of sp³-hybridized carbons (Fsp3) is 0.129. The summed E-state index contributed by atoms with van der Waals surface area (Å²) in [5.41, 5.74) is 1.83. The van der Waals surface area contributed by atoms with Crippen LogP contribution in [0.2, 0.25) is 0 Å². The number of para-hydroxylation sites is 1. The summed E-state index contributed by atoms with van der Waals surface area (Å²) in [7, 11) is 2.90. The molecule has 1 N–H and O–H groups in total. The van der Waals surface area contributed by atoms with Crippen LogP contribution in [0, 0.1) is 0 Å². The van der Waals surface area contributed by atoms with E-state index < -0.39 is 17.5 Å². The summed E-state index contributed by atoms with van der Waals surface area (Å²) in [6, 6.07) is 15.3. The molecule has 0 bridgehead atoms. The summed E-state index contributed by atoms with van der Waals surface area (Å²) in [6.07, 6.45) is 1.46. The van der Waals surface area contributed by atoms with Gasteiger partial charge in [-0.2, -0.15) is 0 Å². The normalized spacial score (nSPS) is 13.7. The van der Waals surface area contributed by atoms with Gasteiger partial charge in [-0.3, -0.25) is 4.79 Å². The Morgan fingerprint density at radius 1 is 1.05 bits per heavy atom. The Morgan fingerprint density at radius 3 is 2.59 bits per heavy atom. The second kappa shape index (κ2) is 10.4. The van der Waals surface area contributed by atoms with Crippen LogP contribution >= 0.6 is 15.9 Å². The average molecular weight is 657 g/mol. The number of hydrogen-bond acceptors (Lipinski definition) is 11. The van der Waals surface area contributed by atoms with Gasteiger partial charge >= 0.3 is 11.6 Å². The number of carbonyl (C=O) groups excluding carboxylic acids is 1. The second-order valence-corrected chi connectivity index (χ2v) is 10.7. The minimum atomic E-state index is -0.830. The molecule has 220 valence electrons. The maximum atomic E-state index is 13.7. The van der Waals surface area contributed by atoms with Gasteiger partial charge in [-0.1, -0.05) is 12.1 Å². The van der Waals surface area contributed by atoms with Crippen molar-refractivity contribution in [2.24, 2.45) is 0 Å². The van der Waals surface area contributed by atoms with Crippen molar-refractivity contribution in [1.82, 2.24) is 19.6 Å². The molecule has 3 aromatic heterocycles. The third kappa shape index (κ3) is 4.31. The number of methoxy groups -OCH3 is 2. The van der Waals surface area contributed by atoms with Crippen molar-refractivity contribution >= 4 is 38.5 Å². The van der Waals surface area contributed by atoms with E-state index in [2.05, 4.69) is 26.0 Å². The van der Waals surface area contributed by atoms with Crippen molar-refractivity contribution in [1.29, 1.82) is 0 Å². The fourth-order valence-electron chi connectivity index (χ4n) is 5.36. The molecule has 44 heavy (non-hydrogen) atoms. The van der Waals surface area contributed by atoms with Crippen LogP contribution in [0.25, 0.3) is 28.0 Å². The molecule has 13 heteroatoms.